The van der Waals surface area contributed by atoms with Crippen LogP contribution < -0.4 is 5.73 Å². The van der Waals surface area contributed by atoms with Gasteiger partial charge in [0.05, 0.1) is 32.5 Å². The molecule has 8 nitrogen and oxygen atoms in total. The fourth-order valence-electron chi connectivity index (χ4n) is 2.73. The molecule has 0 rings (SSSR count). The maximum Gasteiger partial charge on any atom is 0.472 e. The molecule has 0 aromatic rings. The molecular formula is C21H44NO7P. The second kappa shape index (κ2) is 19.4. The van der Waals surface area contributed by atoms with Gasteiger partial charge in [-0.15, -0.1) is 0 Å². The second-order valence-corrected chi connectivity index (χ2v) is 9.32. The molecule has 0 aromatic carbocycles. The van der Waals surface area contributed by atoms with E-state index in [0.29, 0.717) is 6.61 Å². The van der Waals surface area contributed by atoms with Crippen LogP contribution >= 0.6 is 7.82 Å². The molecule has 0 spiro atoms. The summed E-state index contributed by atoms with van der Waals surface area (Å²) in [4.78, 5) is 9.36. The fourth-order valence-corrected chi connectivity index (χ4v) is 3.50. The number of rotatable bonds is 21. The summed E-state index contributed by atoms with van der Waals surface area (Å²) in [7, 11) is -2.55. The van der Waals surface area contributed by atoms with Crippen molar-refractivity contribution in [3.05, 3.63) is 12.2 Å². The van der Waals surface area contributed by atoms with Crippen molar-refractivity contribution in [3.8, 4) is 0 Å². The van der Waals surface area contributed by atoms with E-state index in [9.17, 15) is 14.6 Å². The molecule has 0 saturated heterocycles. The number of unbranched alkanes of at least 4 members (excludes halogenated alkanes) is 4. The van der Waals surface area contributed by atoms with Crippen LogP contribution in [0.4, 0.5) is 0 Å². The van der Waals surface area contributed by atoms with E-state index in [1.165, 1.54) is 25.7 Å². The van der Waals surface area contributed by atoms with Crippen LogP contribution in [0.5, 0.6) is 0 Å². The Kier molecular flexibility index (Phi) is 19.2. The Balaban J connectivity index is 3.73. The zero-order valence-electron chi connectivity index (χ0n) is 19.0. The first-order valence-corrected chi connectivity index (χ1v) is 12.6. The lowest BCUT2D eigenvalue weighted by atomic mass is 10.0. The van der Waals surface area contributed by atoms with Crippen LogP contribution in [0.1, 0.15) is 65.2 Å². The highest BCUT2D eigenvalue weighted by Gasteiger charge is 2.22. The van der Waals surface area contributed by atoms with Gasteiger partial charge in [0.25, 0.3) is 0 Å². The van der Waals surface area contributed by atoms with Gasteiger partial charge in [-0.2, -0.15) is 0 Å². The summed E-state index contributed by atoms with van der Waals surface area (Å²) in [5, 5.41) is 9.79. The van der Waals surface area contributed by atoms with Crippen molar-refractivity contribution in [2.24, 2.45) is 11.7 Å². The minimum Gasteiger partial charge on any atom is -0.388 e. The van der Waals surface area contributed by atoms with Crippen LogP contribution in [-0.2, 0) is 23.1 Å². The number of hydrogen-bond donors (Lipinski definition) is 3. The first-order valence-electron chi connectivity index (χ1n) is 11.1. The summed E-state index contributed by atoms with van der Waals surface area (Å²) in [5.41, 5.74) is 5.19. The Hall–Kier alpha value is -0.310. The van der Waals surface area contributed by atoms with Crippen molar-refractivity contribution < 1.29 is 33.1 Å². The zero-order valence-corrected chi connectivity index (χ0v) is 19.9. The molecular weight excluding hydrogens is 409 g/mol. The Labute approximate surface area is 182 Å². The molecule has 9 heteroatoms. The topological polar surface area (TPSA) is 120 Å². The first kappa shape index (κ1) is 29.7. The summed E-state index contributed by atoms with van der Waals surface area (Å²) >= 11 is 0. The third-order valence-electron chi connectivity index (χ3n) is 4.47. The Morgan fingerprint density at radius 3 is 2.30 bits per heavy atom. The number of nitrogens with two attached hydrogens (primary N) is 1. The molecule has 2 unspecified atom stereocenters. The van der Waals surface area contributed by atoms with E-state index in [1.807, 2.05) is 0 Å². The summed E-state index contributed by atoms with van der Waals surface area (Å²) < 4.78 is 31.6. The Bertz CT molecular complexity index is 463. The van der Waals surface area contributed by atoms with Gasteiger partial charge in [-0.1, -0.05) is 45.3 Å². The van der Waals surface area contributed by atoms with E-state index in [0.717, 1.165) is 31.6 Å². The SMILES string of the molecule is COC(CCC/C=C\CCCCCC(C)C)COC[C@@H](O)COP(=O)(O)OCCN. The molecule has 30 heavy (non-hydrogen) atoms. The van der Waals surface area contributed by atoms with Gasteiger partial charge >= 0.3 is 7.82 Å². The minimum absolute atomic E-state index is 0.0204. The molecule has 0 aromatic heterocycles. The molecule has 3 atom stereocenters. The summed E-state index contributed by atoms with van der Waals surface area (Å²) in [6, 6.07) is 0. The third kappa shape index (κ3) is 19.6. The molecule has 0 saturated carbocycles. The van der Waals surface area contributed by atoms with Gasteiger partial charge in [0.1, 0.15) is 6.10 Å². The van der Waals surface area contributed by atoms with Gasteiger partial charge < -0.3 is 25.2 Å². The van der Waals surface area contributed by atoms with Crippen molar-refractivity contribution in [3.63, 3.8) is 0 Å². The maximum absolute atomic E-state index is 11.5. The van der Waals surface area contributed by atoms with Gasteiger partial charge in [0.2, 0.25) is 0 Å². The number of ether oxygens (including phenoxy) is 2. The van der Waals surface area contributed by atoms with Crippen LogP contribution in [0.25, 0.3) is 0 Å². The van der Waals surface area contributed by atoms with Gasteiger partial charge in [-0.05, 0) is 38.0 Å². The van der Waals surface area contributed by atoms with E-state index >= 15 is 0 Å². The molecule has 0 heterocycles. The summed E-state index contributed by atoms with van der Waals surface area (Å²) in [6.07, 6.45) is 12.6. The predicted octanol–water partition coefficient (Wildman–Crippen LogP) is 3.80. The van der Waals surface area contributed by atoms with Crippen LogP contribution in [0, 0.1) is 5.92 Å². The number of phosphoric acid groups is 1. The van der Waals surface area contributed by atoms with Crippen molar-refractivity contribution in [1.82, 2.24) is 0 Å². The molecule has 0 amide bonds. The molecule has 0 aliphatic heterocycles. The van der Waals surface area contributed by atoms with Crippen LogP contribution in [0.3, 0.4) is 0 Å². The molecule has 0 aliphatic rings. The van der Waals surface area contributed by atoms with E-state index < -0.39 is 13.9 Å². The zero-order chi connectivity index (χ0) is 22.7. The monoisotopic (exact) mass is 453 g/mol. The van der Waals surface area contributed by atoms with Crippen molar-refractivity contribution in [2.75, 3.05) is 40.1 Å². The predicted molar refractivity (Wildman–Crippen MR) is 119 cm³/mol. The van der Waals surface area contributed by atoms with E-state index in [4.69, 9.17) is 15.2 Å². The first-order chi connectivity index (χ1) is 14.3. The molecule has 0 aliphatic carbocycles. The number of methoxy groups -OCH3 is 1. The molecule has 0 radical (unpaired) electrons. The lowest BCUT2D eigenvalue weighted by Crippen LogP contribution is -2.25. The summed E-state index contributed by atoms with van der Waals surface area (Å²) in [5.74, 6) is 0.801. The van der Waals surface area contributed by atoms with Gasteiger partial charge in [-0.25, -0.2) is 4.57 Å². The van der Waals surface area contributed by atoms with Crippen LogP contribution in [0.2, 0.25) is 0 Å². The Morgan fingerprint density at radius 2 is 1.67 bits per heavy atom. The third-order valence-corrected chi connectivity index (χ3v) is 5.45. The summed E-state index contributed by atoms with van der Waals surface area (Å²) in [6.45, 7) is 4.51. The number of hydrogen-bond acceptors (Lipinski definition) is 7. The molecule has 0 bridgehead atoms. The van der Waals surface area contributed by atoms with Crippen molar-refractivity contribution in [1.29, 1.82) is 0 Å². The molecule has 0 fully saturated rings. The standard InChI is InChI=1S/C21H44NO7P/c1-19(2)12-10-8-6-4-5-7-9-11-13-21(26-3)18-27-16-20(23)17-29-30(24,25)28-15-14-22/h5,7,19-21,23H,4,6,8-18,22H2,1-3H3,(H,24,25)/b7-5-/t20-,21?/m1/s1. The number of allylic oxidation sites excluding steroid dienone is 2. The van der Waals surface area contributed by atoms with E-state index in [-0.39, 0.29) is 32.5 Å². The van der Waals surface area contributed by atoms with Crippen LogP contribution in [-0.4, -0.2) is 62.3 Å². The fraction of sp³-hybridized carbons (Fsp3) is 0.905. The number of aliphatic hydroxyl groups excluding tert-OH is 1. The van der Waals surface area contributed by atoms with E-state index in [2.05, 4.69) is 35.0 Å². The van der Waals surface area contributed by atoms with Gasteiger partial charge in [-0.3, -0.25) is 9.05 Å². The lowest BCUT2D eigenvalue weighted by molar-refractivity contribution is -0.0384. The smallest absolute Gasteiger partial charge is 0.388 e. The van der Waals surface area contributed by atoms with E-state index in [1.54, 1.807) is 7.11 Å². The lowest BCUT2D eigenvalue weighted by Gasteiger charge is -2.18. The number of phosphoric ester groups is 1. The highest BCUT2D eigenvalue weighted by atomic mass is 31.2. The highest BCUT2D eigenvalue weighted by molar-refractivity contribution is 7.47. The normalized spacial score (nSPS) is 16.2. The minimum atomic E-state index is -4.18. The van der Waals surface area contributed by atoms with Gasteiger partial charge in [0.15, 0.2) is 0 Å². The van der Waals surface area contributed by atoms with Crippen molar-refractivity contribution >= 4 is 7.82 Å². The average molecular weight is 454 g/mol. The largest absolute Gasteiger partial charge is 0.472 e. The quantitative estimate of drug-likeness (QED) is 0.136. The molecule has 180 valence electrons. The highest BCUT2D eigenvalue weighted by Crippen LogP contribution is 2.42. The van der Waals surface area contributed by atoms with Gasteiger partial charge in [0, 0.05) is 13.7 Å². The van der Waals surface area contributed by atoms with Crippen LogP contribution in [0.15, 0.2) is 12.2 Å². The van der Waals surface area contributed by atoms with Crippen molar-refractivity contribution in [2.45, 2.75) is 77.4 Å². The maximum atomic E-state index is 11.5. The number of aliphatic hydroxyl groups is 1. The molecule has 4 N–H and O–H groups in total. The second-order valence-electron chi connectivity index (χ2n) is 7.87. The average Bonchev–Trinajstić information content (AvgIpc) is 2.70. The Morgan fingerprint density at radius 1 is 0.967 bits per heavy atom.